The van der Waals surface area contributed by atoms with E-state index in [1.807, 2.05) is 19.1 Å². The first-order chi connectivity index (χ1) is 13.3. The number of carbonyl (C=O) groups excluding carboxylic acids is 1. The number of carbonyl (C=O) groups is 1. The van der Waals surface area contributed by atoms with Gasteiger partial charge in [-0.05, 0) is 50.1 Å². The molecule has 3 rings (SSSR count). The van der Waals surface area contributed by atoms with Crippen molar-refractivity contribution in [2.24, 2.45) is 0 Å². The number of nitrogens with one attached hydrogen (secondary N) is 2. The topological polar surface area (TPSA) is 75.3 Å². The Hall–Kier alpha value is -2.05. The lowest BCUT2D eigenvalue weighted by Gasteiger charge is -2.17. The highest BCUT2D eigenvalue weighted by molar-refractivity contribution is 7.92. The van der Waals surface area contributed by atoms with Crippen LogP contribution in [0.4, 0.5) is 5.69 Å². The van der Waals surface area contributed by atoms with E-state index in [4.69, 9.17) is 11.6 Å². The fraction of sp³-hybridized carbons (Fsp3) is 0.381. The largest absolute Gasteiger partial charge is 0.349 e. The molecular weight excluding hydrogens is 396 g/mol. The van der Waals surface area contributed by atoms with Crippen LogP contribution in [0.2, 0.25) is 5.02 Å². The van der Waals surface area contributed by atoms with E-state index < -0.39 is 10.0 Å². The first-order valence-electron chi connectivity index (χ1n) is 9.55. The van der Waals surface area contributed by atoms with Crippen molar-refractivity contribution in [3.8, 4) is 0 Å². The van der Waals surface area contributed by atoms with Crippen molar-refractivity contribution in [2.75, 3.05) is 4.72 Å². The minimum Gasteiger partial charge on any atom is -0.349 e. The molecule has 2 N–H and O–H groups in total. The molecule has 0 heterocycles. The number of hydrogen-bond donors (Lipinski definition) is 2. The minimum atomic E-state index is -3.91. The fourth-order valence-electron chi connectivity index (χ4n) is 3.37. The second-order valence-electron chi connectivity index (χ2n) is 7.28. The van der Waals surface area contributed by atoms with Gasteiger partial charge < -0.3 is 5.32 Å². The standard InChI is InChI=1S/C21H25ClN2O3S/c1-15-8-11-18(12-9-15)24-28(26,27)20-14-16(10-13-19(20)22)21(25)23-17-6-4-2-3-5-7-17/h8-14,17,24H,2-7H2,1H3,(H,23,25). The zero-order valence-corrected chi connectivity index (χ0v) is 17.4. The van der Waals surface area contributed by atoms with E-state index in [1.54, 1.807) is 18.2 Å². The number of aryl methyl sites for hydroxylation is 1. The van der Waals surface area contributed by atoms with Crippen molar-refractivity contribution < 1.29 is 13.2 Å². The Bertz CT molecular complexity index is 935. The summed E-state index contributed by atoms with van der Waals surface area (Å²) < 4.78 is 28.1. The summed E-state index contributed by atoms with van der Waals surface area (Å²) in [5.41, 5.74) is 1.76. The van der Waals surface area contributed by atoms with Gasteiger partial charge in [0.1, 0.15) is 4.90 Å². The number of benzene rings is 2. The van der Waals surface area contributed by atoms with Crippen LogP contribution in [0.15, 0.2) is 47.4 Å². The molecule has 0 saturated heterocycles. The van der Waals surface area contributed by atoms with E-state index in [-0.39, 0.29) is 27.4 Å². The van der Waals surface area contributed by atoms with Crippen molar-refractivity contribution >= 4 is 33.2 Å². The number of rotatable bonds is 5. The molecule has 1 saturated carbocycles. The first kappa shape index (κ1) is 20.7. The third-order valence-corrected chi connectivity index (χ3v) is 6.84. The molecule has 5 nitrogen and oxygen atoms in total. The van der Waals surface area contributed by atoms with Crippen LogP contribution in [0.3, 0.4) is 0 Å². The maximum absolute atomic E-state index is 12.8. The predicted octanol–water partition coefficient (Wildman–Crippen LogP) is 4.90. The summed E-state index contributed by atoms with van der Waals surface area (Å²) in [6.07, 6.45) is 6.51. The van der Waals surface area contributed by atoms with E-state index in [1.165, 1.54) is 25.0 Å². The van der Waals surface area contributed by atoms with Gasteiger partial charge in [-0.25, -0.2) is 8.42 Å². The molecule has 1 aliphatic carbocycles. The van der Waals surface area contributed by atoms with Gasteiger partial charge in [0.2, 0.25) is 0 Å². The molecule has 2 aromatic rings. The second kappa shape index (κ2) is 8.97. The van der Waals surface area contributed by atoms with Crippen molar-refractivity contribution in [3.05, 3.63) is 58.6 Å². The molecule has 0 aliphatic heterocycles. The highest BCUT2D eigenvalue weighted by Gasteiger charge is 2.22. The normalized spacial score (nSPS) is 15.6. The zero-order chi connectivity index (χ0) is 20.1. The highest BCUT2D eigenvalue weighted by Crippen LogP contribution is 2.26. The smallest absolute Gasteiger partial charge is 0.263 e. The van der Waals surface area contributed by atoms with Crippen LogP contribution in [-0.2, 0) is 10.0 Å². The first-order valence-corrected chi connectivity index (χ1v) is 11.4. The van der Waals surface area contributed by atoms with E-state index in [0.717, 1.165) is 31.2 Å². The number of sulfonamides is 1. The molecule has 0 aromatic heterocycles. The number of amides is 1. The molecule has 0 atom stereocenters. The molecule has 150 valence electrons. The van der Waals surface area contributed by atoms with Crippen molar-refractivity contribution in [2.45, 2.75) is 56.4 Å². The molecule has 0 radical (unpaired) electrons. The molecule has 7 heteroatoms. The van der Waals surface area contributed by atoms with Gasteiger partial charge in [0.05, 0.1) is 5.02 Å². The van der Waals surface area contributed by atoms with Crippen LogP contribution >= 0.6 is 11.6 Å². The third-order valence-electron chi connectivity index (χ3n) is 4.98. The van der Waals surface area contributed by atoms with Gasteiger partial charge in [-0.15, -0.1) is 0 Å². The summed E-state index contributed by atoms with van der Waals surface area (Å²) >= 11 is 6.14. The quantitative estimate of drug-likeness (QED) is 0.675. The van der Waals surface area contributed by atoms with Crippen LogP contribution in [0.5, 0.6) is 0 Å². The van der Waals surface area contributed by atoms with Gasteiger partial charge >= 0.3 is 0 Å². The average molecular weight is 421 g/mol. The van der Waals surface area contributed by atoms with Crippen LogP contribution in [0.25, 0.3) is 0 Å². The van der Waals surface area contributed by atoms with Gasteiger partial charge in [0.25, 0.3) is 15.9 Å². The van der Waals surface area contributed by atoms with Crippen LogP contribution in [0.1, 0.15) is 54.4 Å². The Morgan fingerprint density at radius 2 is 1.64 bits per heavy atom. The molecule has 28 heavy (non-hydrogen) atoms. The summed E-state index contributed by atoms with van der Waals surface area (Å²) in [7, 11) is -3.91. The van der Waals surface area contributed by atoms with Gasteiger partial charge in [-0.3, -0.25) is 9.52 Å². The number of halogens is 1. The van der Waals surface area contributed by atoms with E-state index in [2.05, 4.69) is 10.0 Å². The van der Waals surface area contributed by atoms with Crippen LogP contribution in [0, 0.1) is 6.92 Å². The molecule has 0 spiro atoms. The van der Waals surface area contributed by atoms with Gasteiger partial charge in [0, 0.05) is 17.3 Å². The maximum Gasteiger partial charge on any atom is 0.263 e. The van der Waals surface area contributed by atoms with Crippen LogP contribution < -0.4 is 10.0 Å². The Labute approximate surface area is 171 Å². The maximum atomic E-state index is 12.8. The monoisotopic (exact) mass is 420 g/mol. The third kappa shape index (κ3) is 5.26. The summed E-state index contributed by atoms with van der Waals surface area (Å²) in [5, 5.41) is 3.11. The summed E-state index contributed by atoms with van der Waals surface area (Å²) in [5.74, 6) is -0.268. The Morgan fingerprint density at radius 3 is 2.29 bits per heavy atom. The van der Waals surface area contributed by atoms with Crippen LogP contribution in [-0.4, -0.2) is 20.4 Å². The minimum absolute atomic E-state index is 0.0747. The SMILES string of the molecule is Cc1ccc(NS(=O)(=O)c2cc(C(=O)NC3CCCCCC3)ccc2Cl)cc1. The second-order valence-corrected chi connectivity index (χ2v) is 9.34. The lowest BCUT2D eigenvalue weighted by molar-refractivity contribution is 0.0933. The van der Waals surface area contributed by atoms with Gasteiger partial charge in [-0.1, -0.05) is 55.0 Å². The highest BCUT2D eigenvalue weighted by atomic mass is 35.5. The van der Waals surface area contributed by atoms with Crippen molar-refractivity contribution in [3.63, 3.8) is 0 Å². The molecule has 0 unspecified atom stereocenters. The Balaban J connectivity index is 1.79. The number of anilines is 1. The molecule has 1 fully saturated rings. The summed E-state index contributed by atoms with van der Waals surface area (Å²) in [6.45, 7) is 1.92. The molecule has 1 amide bonds. The molecule has 0 bridgehead atoms. The number of hydrogen-bond acceptors (Lipinski definition) is 3. The van der Waals surface area contributed by atoms with Crippen molar-refractivity contribution in [1.29, 1.82) is 0 Å². The predicted molar refractivity (Wildman–Crippen MR) is 112 cm³/mol. The molecule has 1 aliphatic rings. The zero-order valence-electron chi connectivity index (χ0n) is 15.9. The van der Waals surface area contributed by atoms with Gasteiger partial charge in [-0.2, -0.15) is 0 Å². The Kier molecular flexibility index (Phi) is 6.62. The fourth-order valence-corrected chi connectivity index (χ4v) is 4.96. The van der Waals surface area contributed by atoms with E-state index >= 15 is 0 Å². The van der Waals surface area contributed by atoms with E-state index in [0.29, 0.717) is 5.69 Å². The van der Waals surface area contributed by atoms with Crippen molar-refractivity contribution in [1.82, 2.24) is 5.32 Å². The summed E-state index contributed by atoms with van der Waals surface area (Å²) in [4.78, 5) is 12.5. The molecule has 2 aromatic carbocycles. The lowest BCUT2D eigenvalue weighted by Crippen LogP contribution is -2.34. The van der Waals surface area contributed by atoms with E-state index in [9.17, 15) is 13.2 Å². The summed E-state index contributed by atoms with van der Waals surface area (Å²) in [6, 6.07) is 11.5. The average Bonchev–Trinajstić information content (AvgIpc) is 2.92. The lowest BCUT2D eigenvalue weighted by atomic mass is 10.1. The molecular formula is C21H25ClN2O3S. The Morgan fingerprint density at radius 1 is 1.00 bits per heavy atom. The van der Waals surface area contributed by atoms with Gasteiger partial charge in [0.15, 0.2) is 0 Å².